The number of carbonyl (C=O) groups is 1. The standard InChI is InChI=1S/C19H14F3N3O/c1-2-11-3-6-16-12(7-11)9-17(25-16)18(26)24-14-4-5-15(19(20,21)22)13(8-14)10-23/h3-9,25H,2H2,1H3,(H,24,26). The van der Waals surface area contributed by atoms with Gasteiger partial charge in [0.05, 0.1) is 17.2 Å². The summed E-state index contributed by atoms with van der Waals surface area (Å²) in [4.78, 5) is 15.3. The van der Waals surface area contributed by atoms with Crippen LogP contribution in [0.5, 0.6) is 0 Å². The zero-order valence-corrected chi connectivity index (χ0v) is 13.7. The Balaban J connectivity index is 1.87. The van der Waals surface area contributed by atoms with Gasteiger partial charge in [0, 0.05) is 16.6 Å². The molecule has 0 aliphatic carbocycles. The number of fused-ring (bicyclic) bond motifs is 1. The molecule has 0 spiro atoms. The Labute approximate surface area is 147 Å². The molecule has 0 bridgehead atoms. The van der Waals surface area contributed by atoms with Crippen LogP contribution in [0.2, 0.25) is 0 Å². The molecule has 1 aromatic heterocycles. The van der Waals surface area contributed by atoms with Crippen molar-refractivity contribution in [2.75, 3.05) is 5.32 Å². The van der Waals surface area contributed by atoms with Gasteiger partial charge >= 0.3 is 6.18 Å². The van der Waals surface area contributed by atoms with Crippen LogP contribution in [0.4, 0.5) is 18.9 Å². The first-order valence-corrected chi connectivity index (χ1v) is 7.86. The van der Waals surface area contributed by atoms with Crippen LogP contribution >= 0.6 is 0 Å². The second kappa shape index (κ2) is 6.56. The fourth-order valence-electron chi connectivity index (χ4n) is 2.68. The van der Waals surface area contributed by atoms with E-state index in [1.54, 1.807) is 6.07 Å². The maximum absolute atomic E-state index is 12.8. The molecule has 2 aromatic carbocycles. The Bertz CT molecular complexity index is 1030. The van der Waals surface area contributed by atoms with Crippen molar-refractivity contribution >= 4 is 22.5 Å². The molecule has 0 saturated carbocycles. The topological polar surface area (TPSA) is 68.7 Å². The fourth-order valence-corrected chi connectivity index (χ4v) is 2.68. The van der Waals surface area contributed by atoms with Crippen molar-refractivity contribution in [1.82, 2.24) is 4.98 Å². The summed E-state index contributed by atoms with van der Waals surface area (Å²) in [5.41, 5.74) is 0.747. The Kier molecular flexibility index (Phi) is 4.43. The molecular weight excluding hydrogens is 343 g/mol. The van der Waals surface area contributed by atoms with E-state index in [9.17, 15) is 18.0 Å². The zero-order valence-electron chi connectivity index (χ0n) is 13.7. The number of hydrogen-bond acceptors (Lipinski definition) is 2. The van der Waals surface area contributed by atoms with E-state index in [1.165, 1.54) is 6.07 Å². The minimum atomic E-state index is -4.62. The number of H-pyrrole nitrogens is 1. The van der Waals surface area contributed by atoms with Crippen LogP contribution in [0.3, 0.4) is 0 Å². The van der Waals surface area contributed by atoms with Crippen molar-refractivity contribution in [2.45, 2.75) is 19.5 Å². The Morgan fingerprint density at radius 2 is 1.96 bits per heavy atom. The third-order valence-corrected chi connectivity index (χ3v) is 4.04. The highest BCUT2D eigenvalue weighted by molar-refractivity contribution is 6.06. The Morgan fingerprint density at radius 1 is 1.19 bits per heavy atom. The maximum atomic E-state index is 12.8. The van der Waals surface area contributed by atoms with Crippen LogP contribution in [-0.2, 0) is 12.6 Å². The molecule has 26 heavy (non-hydrogen) atoms. The van der Waals surface area contributed by atoms with Gasteiger partial charge in [0.1, 0.15) is 5.69 Å². The van der Waals surface area contributed by atoms with Gasteiger partial charge < -0.3 is 10.3 Å². The largest absolute Gasteiger partial charge is 0.417 e. The van der Waals surface area contributed by atoms with Crippen LogP contribution in [0.15, 0.2) is 42.5 Å². The van der Waals surface area contributed by atoms with E-state index in [0.29, 0.717) is 0 Å². The molecule has 3 aromatic rings. The van der Waals surface area contributed by atoms with Crippen molar-refractivity contribution in [2.24, 2.45) is 0 Å². The molecular formula is C19H14F3N3O. The lowest BCUT2D eigenvalue weighted by Gasteiger charge is -2.10. The number of amides is 1. The van der Waals surface area contributed by atoms with E-state index in [1.807, 2.05) is 25.1 Å². The van der Waals surface area contributed by atoms with Gasteiger partial charge in [-0.15, -0.1) is 0 Å². The van der Waals surface area contributed by atoms with Crippen LogP contribution in [-0.4, -0.2) is 10.9 Å². The number of aromatic nitrogens is 1. The average molecular weight is 357 g/mol. The van der Waals surface area contributed by atoms with Crippen LogP contribution in [0.1, 0.15) is 34.1 Å². The van der Waals surface area contributed by atoms with Crippen molar-refractivity contribution in [3.63, 3.8) is 0 Å². The van der Waals surface area contributed by atoms with Gasteiger partial charge in [-0.3, -0.25) is 4.79 Å². The number of nitrogens with one attached hydrogen (secondary N) is 2. The number of hydrogen-bond donors (Lipinski definition) is 2. The smallest absolute Gasteiger partial charge is 0.351 e. The molecule has 2 N–H and O–H groups in total. The number of anilines is 1. The second-order valence-electron chi connectivity index (χ2n) is 5.78. The number of benzene rings is 2. The van der Waals surface area contributed by atoms with Gasteiger partial charge in [-0.05, 0) is 48.4 Å². The Hall–Kier alpha value is -3.27. The van der Waals surface area contributed by atoms with Crippen LogP contribution in [0, 0.1) is 11.3 Å². The summed E-state index contributed by atoms with van der Waals surface area (Å²) in [6, 6.07) is 11.9. The number of nitrogens with zero attached hydrogens (tertiary/aromatic N) is 1. The van der Waals surface area contributed by atoms with Crippen molar-refractivity contribution in [3.05, 3.63) is 64.8 Å². The number of aromatic amines is 1. The predicted octanol–water partition coefficient (Wildman–Crippen LogP) is 4.87. The molecule has 0 unspecified atom stereocenters. The number of aryl methyl sites for hydroxylation is 1. The molecule has 1 amide bonds. The lowest BCUT2D eigenvalue weighted by atomic mass is 10.1. The molecule has 1 heterocycles. The van der Waals surface area contributed by atoms with E-state index in [4.69, 9.17) is 5.26 Å². The summed E-state index contributed by atoms with van der Waals surface area (Å²) < 4.78 is 38.5. The second-order valence-corrected chi connectivity index (χ2v) is 5.78. The number of alkyl halides is 3. The third kappa shape index (κ3) is 3.40. The first kappa shape index (κ1) is 17.5. The third-order valence-electron chi connectivity index (χ3n) is 4.04. The van der Waals surface area contributed by atoms with Gasteiger partial charge in [-0.2, -0.15) is 18.4 Å². The van der Waals surface area contributed by atoms with Crippen molar-refractivity contribution in [3.8, 4) is 6.07 Å². The molecule has 0 fully saturated rings. The summed E-state index contributed by atoms with van der Waals surface area (Å²) in [5.74, 6) is -0.497. The van der Waals surface area contributed by atoms with Gasteiger partial charge in [0.25, 0.3) is 5.91 Å². The van der Waals surface area contributed by atoms with Crippen molar-refractivity contribution in [1.29, 1.82) is 5.26 Å². The summed E-state index contributed by atoms with van der Waals surface area (Å²) in [5, 5.41) is 12.3. The van der Waals surface area contributed by atoms with E-state index >= 15 is 0 Å². The van der Waals surface area contributed by atoms with Crippen molar-refractivity contribution < 1.29 is 18.0 Å². The molecule has 3 rings (SSSR count). The van der Waals surface area contributed by atoms with Gasteiger partial charge in [0.2, 0.25) is 0 Å². The molecule has 0 atom stereocenters. The summed E-state index contributed by atoms with van der Waals surface area (Å²) in [6.07, 6.45) is -3.76. The quantitative estimate of drug-likeness (QED) is 0.702. The summed E-state index contributed by atoms with van der Waals surface area (Å²) in [7, 11) is 0. The van der Waals surface area contributed by atoms with Crippen LogP contribution in [0.25, 0.3) is 10.9 Å². The van der Waals surface area contributed by atoms with Gasteiger partial charge in [-0.25, -0.2) is 0 Å². The highest BCUT2D eigenvalue weighted by atomic mass is 19.4. The lowest BCUT2D eigenvalue weighted by molar-refractivity contribution is -0.137. The summed E-state index contributed by atoms with van der Waals surface area (Å²) >= 11 is 0. The molecule has 0 saturated heterocycles. The summed E-state index contributed by atoms with van der Waals surface area (Å²) in [6.45, 7) is 2.03. The number of rotatable bonds is 3. The van der Waals surface area contributed by atoms with Crippen LogP contribution < -0.4 is 5.32 Å². The highest BCUT2D eigenvalue weighted by Gasteiger charge is 2.33. The first-order valence-electron chi connectivity index (χ1n) is 7.86. The van der Waals surface area contributed by atoms with E-state index in [0.717, 1.165) is 41.1 Å². The highest BCUT2D eigenvalue weighted by Crippen LogP contribution is 2.33. The normalized spacial score (nSPS) is 11.3. The molecule has 4 nitrogen and oxygen atoms in total. The Morgan fingerprint density at radius 3 is 2.62 bits per heavy atom. The minimum Gasteiger partial charge on any atom is -0.351 e. The minimum absolute atomic E-state index is 0.118. The number of halogens is 3. The molecule has 0 aliphatic heterocycles. The molecule has 132 valence electrons. The molecule has 7 heteroatoms. The first-order chi connectivity index (χ1) is 12.3. The predicted molar refractivity (Wildman–Crippen MR) is 91.8 cm³/mol. The lowest BCUT2D eigenvalue weighted by Crippen LogP contribution is -2.13. The molecule has 0 aliphatic rings. The zero-order chi connectivity index (χ0) is 18.9. The fraction of sp³-hybridized carbons (Fsp3) is 0.158. The molecule has 0 radical (unpaired) electrons. The monoisotopic (exact) mass is 357 g/mol. The van der Waals surface area contributed by atoms with Gasteiger partial charge in [0.15, 0.2) is 0 Å². The van der Waals surface area contributed by atoms with E-state index < -0.39 is 23.2 Å². The maximum Gasteiger partial charge on any atom is 0.417 e. The SMILES string of the molecule is CCc1ccc2[nH]c(C(=O)Nc3ccc(C(F)(F)F)c(C#N)c3)cc2c1. The number of nitriles is 1. The van der Waals surface area contributed by atoms with Gasteiger partial charge in [-0.1, -0.05) is 13.0 Å². The average Bonchev–Trinajstić information content (AvgIpc) is 3.03. The van der Waals surface area contributed by atoms with E-state index in [-0.39, 0.29) is 11.4 Å². The number of carbonyl (C=O) groups excluding carboxylic acids is 1. The van der Waals surface area contributed by atoms with E-state index in [2.05, 4.69) is 10.3 Å².